The van der Waals surface area contributed by atoms with Crippen LogP contribution in [0.1, 0.15) is 5.56 Å². The number of hydrogen-bond acceptors (Lipinski definition) is 1. The van der Waals surface area contributed by atoms with Crippen molar-refractivity contribution in [2.45, 2.75) is 5.75 Å². The maximum atomic E-state index is 4.35. The molecule has 2 aromatic rings. The summed E-state index contributed by atoms with van der Waals surface area (Å²) in [7, 11) is 0.733. The van der Waals surface area contributed by atoms with Crippen molar-refractivity contribution >= 4 is 31.8 Å². The van der Waals surface area contributed by atoms with Crippen LogP contribution in [0.15, 0.2) is 54.6 Å². The molecule has 0 saturated heterocycles. The summed E-state index contributed by atoms with van der Waals surface area (Å²) < 4.78 is 0. The van der Waals surface area contributed by atoms with Crippen LogP contribution in [0.4, 0.5) is 0 Å². The Labute approximate surface area is 97.9 Å². The molecular weight excluding hydrogens is 219 g/mol. The standard InChI is InChI=1S/C13H13PS/c15-10-11-6-4-5-9-13(11)14-12-7-2-1-3-8-12/h1-9,14-15H,10H2. The summed E-state index contributed by atoms with van der Waals surface area (Å²) in [4.78, 5) is 0. The van der Waals surface area contributed by atoms with Gasteiger partial charge in [0, 0.05) is 5.75 Å². The zero-order valence-corrected chi connectivity index (χ0v) is 10.2. The second-order valence-corrected chi connectivity index (χ2v) is 4.99. The summed E-state index contributed by atoms with van der Waals surface area (Å²) in [5, 5.41) is 2.78. The van der Waals surface area contributed by atoms with Gasteiger partial charge in [0.05, 0.1) is 0 Å². The molecule has 0 saturated carbocycles. The average molecular weight is 232 g/mol. The lowest BCUT2D eigenvalue weighted by molar-refractivity contribution is 1.47. The van der Waals surface area contributed by atoms with Crippen molar-refractivity contribution in [2.75, 3.05) is 0 Å². The lowest BCUT2D eigenvalue weighted by Gasteiger charge is -2.06. The molecule has 1 unspecified atom stereocenters. The first-order valence-electron chi connectivity index (χ1n) is 4.91. The average Bonchev–Trinajstić information content (AvgIpc) is 2.31. The van der Waals surface area contributed by atoms with Crippen LogP contribution in [-0.2, 0) is 5.75 Å². The van der Waals surface area contributed by atoms with Gasteiger partial charge in [-0.1, -0.05) is 63.2 Å². The van der Waals surface area contributed by atoms with Crippen molar-refractivity contribution in [1.29, 1.82) is 0 Å². The molecule has 0 aromatic heterocycles. The van der Waals surface area contributed by atoms with Crippen LogP contribution >= 0.6 is 21.2 Å². The normalized spacial score (nSPS) is 11.0. The molecule has 15 heavy (non-hydrogen) atoms. The zero-order valence-electron chi connectivity index (χ0n) is 8.35. The summed E-state index contributed by atoms with van der Waals surface area (Å²) >= 11 is 4.35. The Hall–Kier alpha value is -0.780. The first-order valence-corrected chi connectivity index (χ1v) is 6.54. The number of hydrogen-bond donors (Lipinski definition) is 1. The SMILES string of the molecule is SCc1ccccc1Pc1ccccc1. The summed E-state index contributed by atoms with van der Waals surface area (Å²) in [6.45, 7) is 0. The Balaban J connectivity index is 2.24. The van der Waals surface area contributed by atoms with Gasteiger partial charge in [-0.05, 0) is 16.2 Å². The van der Waals surface area contributed by atoms with E-state index in [0.717, 1.165) is 14.3 Å². The molecule has 2 aromatic carbocycles. The van der Waals surface area contributed by atoms with E-state index in [1.165, 1.54) is 16.2 Å². The van der Waals surface area contributed by atoms with E-state index in [2.05, 4.69) is 67.2 Å². The van der Waals surface area contributed by atoms with E-state index >= 15 is 0 Å². The fourth-order valence-corrected chi connectivity index (χ4v) is 3.06. The van der Waals surface area contributed by atoms with E-state index in [4.69, 9.17) is 0 Å². The smallest absolute Gasteiger partial charge is 0.0160 e. The van der Waals surface area contributed by atoms with Gasteiger partial charge >= 0.3 is 0 Å². The van der Waals surface area contributed by atoms with Crippen LogP contribution in [0, 0.1) is 0 Å². The van der Waals surface area contributed by atoms with Gasteiger partial charge in [0.25, 0.3) is 0 Å². The maximum absolute atomic E-state index is 4.35. The molecule has 0 fully saturated rings. The van der Waals surface area contributed by atoms with E-state index < -0.39 is 0 Å². The van der Waals surface area contributed by atoms with E-state index in [-0.39, 0.29) is 0 Å². The Kier molecular flexibility index (Phi) is 3.82. The summed E-state index contributed by atoms with van der Waals surface area (Å²) in [6.07, 6.45) is 0. The van der Waals surface area contributed by atoms with E-state index in [0.29, 0.717) is 0 Å². The fraction of sp³-hybridized carbons (Fsp3) is 0.0769. The van der Waals surface area contributed by atoms with Crippen molar-refractivity contribution in [3.05, 3.63) is 60.2 Å². The fourth-order valence-electron chi connectivity index (χ4n) is 1.46. The molecule has 0 aliphatic rings. The molecule has 0 heterocycles. The van der Waals surface area contributed by atoms with Gasteiger partial charge in [-0.2, -0.15) is 12.6 Å². The van der Waals surface area contributed by atoms with Crippen molar-refractivity contribution < 1.29 is 0 Å². The van der Waals surface area contributed by atoms with Gasteiger partial charge in [0.15, 0.2) is 0 Å². The molecule has 0 amide bonds. The molecule has 0 aliphatic heterocycles. The van der Waals surface area contributed by atoms with Crippen LogP contribution in [-0.4, -0.2) is 0 Å². The van der Waals surface area contributed by atoms with Crippen molar-refractivity contribution in [3.63, 3.8) is 0 Å². The molecular formula is C13H13PS. The minimum atomic E-state index is 0.733. The third kappa shape index (κ3) is 2.84. The van der Waals surface area contributed by atoms with Crippen LogP contribution in [0.2, 0.25) is 0 Å². The highest BCUT2D eigenvalue weighted by atomic mass is 32.1. The molecule has 76 valence electrons. The van der Waals surface area contributed by atoms with Crippen LogP contribution in [0.3, 0.4) is 0 Å². The molecule has 0 radical (unpaired) electrons. The Morgan fingerprint density at radius 3 is 2.27 bits per heavy atom. The van der Waals surface area contributed by atoms with Crippen molar-refractivity contribution in [3.8, 4) is 0 Å². The topological polar surface area (TPSA) is 0 Å². The van der Waals surface area contributed by atoms with E-state index in [1.807, 2.05) is 0 Å². The highest BCUT2D eigenvalue weighted by Crippen LogP contribution is 2.14. The quantitative estimate of drug-likeness (QED) is 0.610. The van der Waals surface area contributed by atoms with E-state index in [1.54, 1.807) is 0 Å². The second kappa shape index (κ2) is 5.34. The predicted molar refractivity (Wildman–Crippen MR) is 73.2 cm³/mol. The number of benzene rings is 2. The third-order valence-corrected chi connectivity index (χ3v) is 3.96. The second-order valence-electron chi connectivity index (χ2n) is 3.31. The largest absolute Gasteiger partial charge is 0.175 e. The van der Waals surface area contributed by atoms with Gasteiger partial charge in [-0.15, -0.1) is 0 Å². The predicted octanol–water partition coefficient (Wildman–Crippen LogP) is 2.75. The van der Waals surface area contributed by atoms with Crippen molar-refractivity contribution in [1.82, 2.24) is 0 Å². The Bertz CT molecular complexity index is 426. The first-order chi connectivity index (χ1) is 7.40. The minimum Gasteiger partial charge on any atom is -0.175 e. The molecule has 0 bridgehead atoms. The van der Waals surface area contributed by atoms with Crippen molar-refractivity contribution in [2.24, 2.45) is 0 Å². The lowest BCUT2D eigenvalue weighted by atomic mass is 10.2. The molecule has 0 aliphatic carbocycles. The Morgan fingerprint density at radius 2 is 1.53 bits per heavy atom. The van der Waals surface area contributed by atoms with Crippen LogP contribution in [0.5, 0.6) is 0 Å². The van der Waals surface area contributed by atoms with E-state index in [9.17, 15) is 0 Å². The van der Waals surface area contributed by atoms with Gasteiger partial charge in [-0.3, -0.25) is 0 Å². The lowest BCUT2D eigenvalue weighted by Crippen LogP contribution is -2.07. The highest BCUT2D eigenvalue weighted by molar-refractivity contribution is 7.79. The van der Waals surface area contributed by atoms with Crippen LogP contribution in [0.25, 0.3) is 0 Å². The molecule has 0 nitrogen and oxygen atoms in total. The maximum Gasteiger partial charge on any atom is 0.0160 e. The monoisotopic (exact) mass is 232 g/mol. The Morgan fingerprint density at radius 1 is 0.867 bits per heavy atom. The minimum absolute atomic E-state index is 0.733. The molecule has 2 heteroatoms. The zero-order chi connectivity index (χ0) is 10.5. The summed E-state index contributed by atoms with van der Waals surface area (Å²) in [5.74, 6) is 0.815. The molecule has 0 spiro atoms. The van der Waals surface area contributed by atoms with Gasteiger partial charge in [-0.25, -0.2) is 0 Å². The molecule has 0 N–H and O–H groups in total. The molecule has 2 rings (SSSR count). The third-order valence-electron chi connectivity index (χ3n) is 2.24. The van der Waals surface area contributed by atoms with Gasteiger partial charge in [0.2, 0.25) is 0 Å². The first kappa shape index (κ1) is 10.7. The highest BCUT2D eigenvalue weighted by Gasteiger charge is 2.00. The summed E-state index contributed by atoms with van der Waals surface area (Å²) in [5.41, 5.74) is 1.34. The van der Waals surface area contributed by atoms with Gasteiger partial charge < -0.3 is 0 Å². The number of thiol groups is 1. The molecule has 1 atom stereocenters. The summed E-state index contributed by atoms with van der Waals surface area (Å²) in [6, 6.07) is 19.1. The number of rotatable bonds is 3. The van der Waals surface area contributed by atoms with Crippen LogP contribution < -0.4 is 10.6 Å². The van der Waals surface area contributed by atoms with Gasteiger partial charge in [0.1, 0.15) is 0 Å².